The average Bonchev–Trinajstić information content (AvgIpc) is 3.92. The number of nitrogens with zero attached hydrogens (tertiary/aromatic N) is 4. The van der Waals surface area contributed by atoms with Crippen molar-refractivity contribution in [1.29, 1.82) is 0 Å². The molecule has 0 aliphatic carbocycles. The monoisotopic (exact) mass is 794 g/mol. The number of aromatic nitrogens is 4. The van der Waals surface area contributed by atoms with E-state index in [1.165, 1.54) is 11.3 Å². The topological polar surface area (TPSA) is 148 Å². The van der Waals surface area contributed by atoms with Crippen LogP contribution in [0.1, 0.15) is 55.5 Å². The van der Waals surface area contributed by atoms with Gasteiger partial charge < -0.3 is 25.3 Å². The fourth-order valence-corrected chi connectivity index (χ4v) is 10.0. The third kappa shape index (κ3) is 5.99. The molecule has 0 aliphatic heterocycles. The van der Waals surface area contributed by atoms with Crippen LogP contribution in [0.15, 0.2) is 72.8 Å². The maximum absolute atomic E-state index is 13.5. The Hall–Kier alpha value is -5.27. The summed E-state index contributed by atoms with van der Waals surface area (Å²) >= 11 is 16.7. The predicted molar refractivity (Wildman–Crippen MR) is 218 cm³/mol. The van der Waals surface area contributed by atoms with Gasteiger partial charge in [-0.3, -0.25) is 9.59 Å². The molecule has 10 nitrogen and oxygen atoms in total. The van der Waals surface area contributed by atoms with Gasteiger partial charge in [-0.1, -0.05) is 42.3 Å². The lowest BCUT2D eigenvalue weighted by atomic mass is 10.1. The maximum atomic E-state index is 13.5. The third-order valence-electron chi connectivity index (χ3n) is 9.46. The van der Waals surface area contributed by atoms with Crippen LogP contribution in [0.25, 0.3) is 65.0 Å². The van der Waals surface area contributed by atoms with Crippen LogP contribution >= 0.6 is 45.9 Å². The number of thiophene rings is 2. The molecule has 4 N–H and O–H groups in total. The summed E-state index contributed by atoms with van der Waals surface area (Å²) in [4.78, 5) is 49.5. The largest absolute Gasteiger partial charge is 0.462 e. The minimum absolute atomic E-state index is 0.200. The highest BCUT2D eigenvalue weighted by atomic mass is 35.5. The zero-order chi connectivity index (χ0) is 37.8. The summed E-state index contributed by atoms with van der Waals surface area (Å²) in [5.74, 6) is -0.326. The molecular weight excluding hydrogens is 764 g/mol. The van der Waals surface area contributed by atoms with E-state index in [1.54, 1.807) is 48.6 Å². The minimum Gasteiger partial charge on any atom is -0.462 e. The first-order valence-corrected chi connectivity index (χ1v) is 19.7. The molecule has 0 atom stereocenters. The summed E-state index contributed by atoms with van der Waals surface area (Å²) < 4.78 is 11.6. The van der Waals surface area contributed by atoms with E-state index < -0.39 is 17.8 Å². The van der Waals surface area contributed by atoms with E-state index in [0.717, 1.165) is 48.5 Å². The maximum Gasteiger partial charge on any atom is 0.349 e. The van der Waals surface area contributed by atoms with Crippen LogP contribution in [-0.2, 0) is 24.2 Å². The Morgan fingerprint density at radius 2 is 1.24 bits per heavy atom. The van der Waals surface area contributed by atoms with Crippen LogP contribution < -0.4 is 11.5 Å². The summed E-state index contributed by atoms with van der Waals surface area (Å²) in [6.07, 6.45) is 1.37. The van der Waals surface area contributed by atoms with Crippen LogP contribution in [0, 0.1) is 0 Å². The number of halogens is 2. The molecule has 4 heterocycles. The zero-order valence-electron chi connectivity index (χ0n) is 29.1. The van der Waals surface area contributed by atoms with Gasteiger partial charge in [0.1, 0.15) is 16.5 Å². The van der Waals surface area contributed by atoms with Gasteiger partial charge >= 0.3 is 5.97 Å². The number of benzene rings is 4. The van der Waals surface area contributed by atoms with Crippen molar-refractivity contribution >= 4 is 106 Å². The van der Waals surface area contributed by atoms with E-state index in [0.29, 0.717) is 73.4 Å². The van der Waals surface area contributed by atoms with Crippen LogP contribution in [0.3, 0.4) is 0 Å². The van der Waals surface area contributed by atoms with E-state index >= 15 is 0 Å². The first-order chi connectivity index (χ1) is 26.1. The number of aryl methyl sites for hydroxylation is 3. The van der Waals surface area contributed by atoms with Gasteiger partial charge in [0, 0.05) is 59.9 Å². The number of carbonyl (C=O) groups excluding carboxylic acids is 3. The Morgan fingerprint density at radius 1 is 0.722 bits per heavy atom. The molecule has 0 saturated heterocycles. The van der Waals surface area contributed by atoms with Crippen molar-refractivity contribution in [3.8, 4) is 22.8 Å². The lowest BCUT2D eigenvalue weighted by molar-refractivity contribution is 0.0532. The highest BCUT2D eigenvalue weighted by Gasteiger charge is 2.28. The summed E-state index contributed by atoms with van der Waals surface area (Å²) in [7, 11) is 0. The van der Waals surface area contributed by atoms with Gasteiger partial charge in [-0.05, 0) is 80.4 Å². The molecule has 2 amide bonds. The number of amides is 2. The van der Waals surface area contributed by atoms with Crippen molar-refractivity contribution in [2.75, 3.05) is 6.61 Å². The van der Waals surface area contributed by atoms with E-state index in [-0.39, 0.29) is 6.61 Å². The number of ether oxygens (including phenoxy) is 1. The Labute approximate surface area is 326 Å². The molecule has 54 heavy (non-hydrogen) atoms. The van der Waals surface area contributed by atoms with Gasteiger partial charge in [0.2, 0.25) is 11.8 Å². The number of esters is 1. The number of primary amides is 2. The van der Waals surface area contributed by atoms with Gasteiger partial charge in [-0.25, -0.2) is 14.8 Å². The van der Waals surface area contributed by atoms with Crippen molar-refractivity contribution in [2.45, 2.75) is 39.8 Å². The standard InChI is InChI=1S/C40H32Cl2N6O4S2/c1-3-28-33(31-22(41)8-5-10-29(31)53-28)38-45-24-18-20(36(43)49)12-14-26(24)47(38)16-7-17-48-27-15-13-21(37(44)50)19-25(27)46-39(48)34-32-23(42)9-6-11-30(32)54-35(34)40(51)52-4-2/h5-6,8-15,18-19H,3-4,7,16-17H2,1-2H3,(H2,43,49)(H2,44,50). The van der Waals surface area contributed by atoms with Gasteiger partial charge in [0.25, 0.3) is 0 Å². The van der Waals surface area contributed by atoms with Gasteiger partial charge in [-0.2, -0.15) is 0 Å². The average molecular weight is 796 g/mol. The molecule has 0 spiro atoms. The first-order valence-electron chi connectivity index (χ1n) is 17.3. The van der Waals surface area contributed by atoms with E-state index in [2.05, 4.69) is 17.6 Å². The fraction of sp³-hybridized carbons (Fsp3) is 0.175. The van der Waals surface area contributed by atoms with Crippen molar-refractivity contribution in [1.82, 2.24) is 19.1 Å². The van der Waals surface area contributed by atoms with Crippen LogP contribution in [-0.4, -0.2) is 43.5 Å². The zero-order valence-corrected chi connectivity index (χ0v) is 32.3. The van der Waals surface area contributed by atoms with Crippen molar-refractivity contribution in [2.24, 2.45) is 11.5 Å². The minimum atomic E-state index is -0.573. The smallest absolute Gasteiger partial charge is 0.349 e. The van der Waals surface area contributed by atoms with Gasteiger partial charge in [-0.15, -0.1) is 22.7 Å². The number of imidazole rings is 2. The molecule has 0 fully saturated rings. The normalized spacial score (nSPS) is 11.7. The number of carbonyl (C=O) groups is 3. The second-order valence-corrected chi connectivity index (χ2v) is 15.7. The summed E-state index contributed by atoms with van der Waals surface area (Å²) in [5, 5.41) is 2.75. The molecule has 14 heteroatoms. The van der Waals surface area contributed by atoms with Crippen LogP contribution in [0.5, 0.6) is 0 Å². The second-order valence-electron chi connectivity index (χ2n) is 12.7. The number of nitrogens with two attached hydrogens (primary N) is 2. The number of hydrogen-bond acceptors (Lipinski definition) is 8. The van der Waals surface area contributed by atoms with Crippen molar-refractivity contribution < 1.29 is 19.1 Å². The molecule has 0 aliphatic rings. The highest BCUT2D eigenvalue weighted by molar-refractivity contribution is 7.21. The van der Waals surface area contributed by atoms with Crippen LogP contribution in [0.4, 0.5) is 0 Å². The number of hydrogen-bond donors (Lipinski definition) is 2. The highest BCUT2D eigenvalue weighted by Crippen LogP contribution is 2.45. The fourth-order valence-electron chi connectivity index (χ4n) is 7.09. The Balaban J connectivity index is 1.29. The summed E-state index contributed by atoms with van der Waals surface area (Å²) in [6.45, 7) is 5.04. The van der Waals surface area contributed by atoms with Crippen LogP contribution in [0.2, 0.25) is 10.0 Å². The van der Waals surface area contributed by atoms with Crippen molar-refractivity contribution in [3.63, 3.8) is 0 Å². The molecule has 272 valence electrons. The molecule has 0 bridgehead atoms. The molecule has 0 saturated carbocycles. The number of rotatable bonds is 11. The second kappa shape index (κ2) is 14.2. The summed E-state index contributed by atoms with van der Waals surface area (Å²) in [5.41, 5.74) is 16.3. The Kier molecular flexibility index (Phi) is 9.39. The third-order valence-corrected chi connectivity index (χ3v) is 12.5. The van der Waals surface area contributed by atoms with Crippen molar-refractivity contribution in [3.05, 3.63) is 104 Å². The molecule has 8 aromatic rings. The molecule has 8 rings (SSSR count). The Bertz CT molecular complexity index is 2830. The molecule has 4 aromatic carbocycles. The van der Waals surface area contributed by atoms with Gasteiger partial charge in [0.05, 0.1) is 39.3 Å². The lowest BCUT2D eigenvalue weighted by Crippen LogP contribution is -2.11. The SMILES string of the molecule is CCOC(=O)c1sc2cccc(Cl)c2c1-c1nc2cc(C(N)=O)ccc2n1CCCn1c(-c2c(CC)sc3cccc(Cl)c23)nc2cc(C(N)=O)ccc21. The van der Waals surface area contributed by atoms with E-state index in [4.69, 9.17) is 49.4 Å². The first kappa shape index (κ1) is 35.7. The quantitative estimate of drug-likeness (QED) is 0.125. The Morgan fingerprint density at radius 3 is 1.76 bits per heavy atom. The molecule has 0 unspecified atom stereocenters. The van der Waals surface area contributed by atoms with Gasteiger partial charge in [0.15, 0.2) is 0 Å². The predicted octanol–water partition coefficient (Wildman–Crippen LogP) is 9.48. The molecule has 0 radical (unpaired) electrons. The summed E-state index contributed by atoms with van der Waals surface area (Å²) in [6, 6.07) is 21.9. The number of fused-ring (bicyclic) bond motifs is 4. The van der Waals surface area contributed by atoms with E-state index in [1.807, 2.05) is 41.0 Å². The van der Waals surface area contributed by atoms with E-state index in [9.17, 15) is 14.4 Å². The molecular formula is C40H32Cl2N6O4S2. The molecule has 4 aromatic heterocycles. The lowest BCUT2D eigenvalue weighted by Gasteiger charge is -2.14.